The van der Waals surface area contributed by atoms with Gasteiger partial charge in [0, 0.05) is 17.8 Å². The number of anilines is 2. The normalized spacial score (nSPS) is 10.7. The second-order valence-corrected chi connectivity index (χ2v) is 9.81. The van der Waals surface area contributed by atoms with Crippen molar-refractivity contribution in [3.63, 3.8) is 0 Å². The number of ether oxygens (including phenoxy) is 1. The molecular weight excluding hydrogens is 502 g/mol. The molecule has 1 heterocycles. The van der Waals surface area contributed by atoms with Crippen LogP contribution in [0.2, 0.25) is 0 Å². The zero-order chi connectivity index (χ0) is 28.6. The number of aryl methyl sites for hydroxylation is 3. The van der Waals surface area contributed by atoms with Crippen LogP contribution in [0.15, 0.2) is 72.8 Å². The molecule has 3 amide bonds. The van der Waals surface area contributed by atoms with E-state index < -0.39 is 0 Å². The molecule has 0 radical (unpaired) electrons. The number of carbonyl (C=O) groups is 2. The summed E-state index contributed by atoms with van der Waals surface area (Å²) in [5.74, 6) is 0.965. The van der Waals surface area contributed by atoms with Gasteiger partial charge in [0.1, 0.15) is 18.1 Å². The van der Waals surface area contributed by atoms with Crippen LogP contribution in [0.1, 0.15) is 36.6 Å². The van der Waals surface area contributed by atoms with E-state index in [9.17, 15) is 9.59 Å². The van der Waals surface area contributed by atoms with Gasteiger partial charge < -0.3 is 20.3 Å². The molecule has 0 spiro atoms. The summed E-state index contributed by atoms with van der Waals surface area (Å²) in [6, 6.07) is 22.9. The molecule has 3 aromatic carbocycles. The number of para-hydroxylation sites is 1. The van der Waals surface area contributed by atoms with Gasteiger partial charge in [-0.05, 0) is 68.1 Å². The number of carbonyl (C=O) groups excluding carboxylic acids is 2. The number of methoxy groups -OCH3 is 1. The third-order valence-corrected chi connectivity index (χ3v) is 6.81. The fourth-order valence-corrected chi connectivity index (χ4v) is 4.65. The number of rotatable bonds is 10. The summed E-state index contributed by atoms with van der Waals surface area (Å²) in [5.41, 5.74) is 6.02. The third-order valence-electron chi connectivity index (χ3n) is 6.81. The highest BCUT2D eigenvalue weighted by molar-refractivity contribution is 5.99. The number of hydrogen-bond donors (Lipinski definition) is 2. The standard InChI is InChI=1S/C32H37N5O3/c1-6-7-20-36(32(39)34-30-22(2)12-11-13-23(30)3)21-28(38)33-31-29(25-14-9-8-10-15-25)24(4)35-37(31)26-16-18-27(40-5)19-17-26/h8-19H,6-7,20-21H2,1-5H3,(H,33,38)(H,34,39). The van der Waals surface area contributed by atoms with Crippen molar-refractivity contribution in [1.82, 2.24) is 14.7 Å². The monoisotopic (exact) mass is 539 g/mol. The van der Waals surface area contributed by atoms with Gasteiger partial charge in [-0.25, -0.2) is 9.48 Å². The van der Waals surface area contributed by atoms with Crippen LogP contribution in [-0.4, -0.2) is 46.8 Å². The fraction of sp³-hybridized carbons (Fsp3) is 0.281. The largest absolute Gasteiger partial charge is 0.497 e. The minimum atomic E-state index is -0.306. The molecule has 8 heteroatoms. The second kappa shape index (κ2) is 13.0. The molecular formula is C32H37N5O3. The van der Waals surface area contributed by atoms with Crippen LogP contribution < -0.4 is 15.4 Å². The Labute approximate surface area is 236 Å². The van der Waals surface area contributed by atoms with Gasteiger partial charge in [0.25, 0.3) is 0 Å². The van der Waals surface area contributed by atoms with Crippen LogP contribution in [0.5, 0.6) is 5.75 Å². The fourth-order valence-electron chi connectivity index (χ4n) is 4.65. The first-order valence-electron chi connectivity index (χ1n) is 13.5. The van der Waals surface area contributed by atoms with Gasteiger partial charge in [-0.1, -0.05) is 61.9 Å². The van der Waals surface area contributed by atoms with Crippen LogP contribution in [0.25, 0.3) is 16.8 Å². The van der Waals surface area contributed by atoms with Crippen molar-refractivity contribution in [2.75, 3.05) is 30.8 Å². The maximum Gasteiger partial charge on any atom is 0.322 e. The van der Waals surface area contributed by atoms with E-state index in [1.165, 1.54) is 0 Å². The first-order valence-corrected chi connectivity index (χ1v) is 13.5. The van der Waals surface area contributed by atoms with Crippen LogP contribution in [0.3, 0.4) is 0 Å². The molecule has 4 rings (SSSR count). The zero-order valence-corrected chi connectivity index (χ0v) is 23.8. The molecule has 8 nitrogen and oxygen atoms in total. The average molecular weight is 540 g/mol. The number of aromatic nitrogens is 2. The minimum absolute atomic E-state index is 0.0994. The maximum atomic E-state index is 13.6. The zero-order valence-electron chi connectivity index (χ0n) is 23.8. The van der Waals surface area contributed by atoms with Crippen molar-refractivity contribution < 1.29 is 14.3 Å². The lowest BCUT2D eigenvalue weighted by Crippen LogP contribution is -2.41. The highest BCUT2D eigenvalue weighted by Crippen LogP contribution is 2.33. The van der Waals surface area contributed by atoms with Gasteiger partial charge in [-0.3, -0.25) is 4.79 Å². The number of hydrogen-bond acceptors (Lipinski definition) is 4. The predicted octanol–water partition coefficient (Wildman–Crippen LogP) is 6.75. The number of nitrogens with zero attached hydrogens (tertiary/aromatic N) is 3. The van der Waals surface area contributed by atoms with Crippen molar-refractivity contribution in [1.29, 1.82) is 0 Å². The molecule has 0 aliphatic heterocycles. The maximum absolute atomic E-state index is 13.6. The minimum Gasteiger partial charge on any atom is -0.497 e. The number of urea groups is 1. The molecule has 0 saturated heterocycles. The lowest BCUT2D eigenvalue weighted by molar-refractivity contribution is -0.116. The molecule has 0 bridgehead atoms. The van der Waals surface area contributed by atoms with Crippen LogP contribution in [0, 0.1) is 20.8 Å². The molecule has 0 unspecified atom stereocenters. The van der Waals surface area contributed by atoms with Crippen molar-refractivity contribution >= 4 is 23.4 Å². The van der Waals surface area contributed by atoms with Gasteiger partial charge in [-0.2, -0.15) is 5.10 Å². The molecule has 0 aliphatic carbocycles. The molecule has 0 aliphatic rings. The van der Waals surface area contributed by atoms with E-state index in [4.69, 9.17) is 9.84 Å². The number of nitrogens with one attached hydrogen (secondary N) is 2. The molecule has 40 heavy (non-hydrogen) atoms. The summed E-state index contributed by atoms with van der Waals surface area (Å²) >= 11 is 0. The SMILES string of the molecule is CCCCN(CC(=O)Nc1c(-c2ccccc2)c(C)nn1-c1ccc(OC)cc1)C(=O)Nc1c(C)cccc1C. The molecule has 1 aromatic heterocycles. The Morgan fingerprint density at radius 3 is 2.20 bits per heavy atom. The van der Waals surface area contributed by atoms with E-state index in [0.717, 1.165) is 57.9 Å². The second-order valence-electron chi connectivity index (χ2n) is 9.81. The predicted molar refractivity (Wildman–Crippen MR) is 160 cm³/mol. The van der Waals surface area contributed by atoms with E-state index in [1.54, 1.807) is 16.7 Å². The van der Waals surface area contributed by atoms with E-state index >= 15 is 0 Å². The highest BCUT2D eigenvalue weighted by atomic mass is 16.5. The first-order chi connectivity index (χ1) is 19.3. The number of unbranched alkanes of at least 4 members (excludes halogenated alkanes) is 1. The molecule has 208 valence electrons. The Morgan fingerprint density at radius 1 is 0.900 bits per heavy atom. The molecule has 2 N–H and O–H groups in total. The van der Waals surface area contributed by atoms with Gasteiger partial charge in [-0.15, -0.1) is 0 Å². The van der Waals surface area contributed by atoms with Gasteiger partial charge in [0.05, 0.1) is 18.5 Å². The highest BCUT2D eigenvalue weighted by Gasteiger charge is 2.23. The lowest BCUT2D eigenvalue weighted by atomic mass is 10.1. The van der Waals surface area contributed by atoms with Crippen molar-refractivity contribution in [2.24, 2.45) is 0 Å². The Bertz CT molecular complexity index is 1440. The molecule has 4 aromatic rings. The molecule has 0 saturated carbocycles. The van der Waals surface area contributed by atoms with E-state index in [1.807, 2.05) is 93.6 Å². The lowest BCUT2D eigenvalue weighted by Gasteiger charge is -2.24. The summed E-state index contributed by atoms with van der Waals surface area (Å²) in [4.78, 5) is 28.5. The summed E-state index contributed by atoms with van der Waals surface area (Å²) < 4.78 is 7.04. The van der Waals surface area contributed by atoms with Crippen LogP contribution >= 0.6 is 0 Å². The van der Waals surface area contributed by atoms with Gasteiger partial charge in [0.2, 0.25) is 5.91 Å². The Balaban J connectivity index is 1.64. The molecule has 0 atom stereocenters. The summed E-state index contributed by atoms with van der Waals surface area (Å²) in [6.07, 6.45) is 1.68. The number of amides is 3. The van der Waals surface area contributed by atoms with Gasteiger partial charge >= 0.3 is 6.03 Å². The Kier molecular flexibility index (Phi) is 9.22. The molecule has 0 fully saturated rings. The average Bonchev–Trinajstić information content (AvgIpc) is 3.28. The van der Waals surface area contributed by atoms with Gasteiger partial charge in [0.15, 0.2) is 0 Å². The Morgan fingerprint density at radius 2 is 1.57 bits per heavy atom. The van der Waals surface area contributed by atoms with Crippen molar-refractivity contribution in [3.8, 4) is 22.6 Å². The third kappa shape index (κ3) is 6.51. The van der Waals surface area contributed by atoms with Crippen molar-refractivity contribution in [3.05, 3.63) is 89.6 Å². The van der Waals surface area contributed by atoms with E-state index in [-0.39, 0.29) is 18.5 Å². The topological polar surface area (TPSA) is 88.5 Å². The van der Waals surface area contributed by atoms with E-state index in [2.05, 4.69) is 17.6 Å². The summed E-state index contributed by atoms with van der Waals surface area (Å²) in [5, 5.41) is 10.9. The first kappa shape index (κ1) is 28.4. The number of benzene rings is 3. The van der Waals surface area contributed by atoms with E-state index in [0.29, 0.717) is 12.4 Å². The van der Waals surface area contributed by atoms with Crippen molar-refractivity contribution in [2.45, 2.75) is 40.5 Å². The summed E-state index contributed by atoms with van der Waals surface area (Å²) in [6.45, 7) is 8.26. The smallest absolute Gasteiger partial charge is 0.322 e. The van der Waals surface area contributed by atoms with Crippen LogP contribution in [0.4, 0.5) is 16.3 Å². The summed E-state index contributed by atoms with van der Waals surface area (Å²) in [7, 11) is 1.62. The van der Waals surface area contributed by atoms with Crippen LogP contribution in [-0.2, 0) is 4.79 Å². The Hall–Kier alpha value is -4.59. The quantitative estimate of drug-likeness (QED) is 0.233.